The van der Waals surface area contributed by atoms with Gasteiger partial charge in [-0.1, -0.05) is 175 Å². The maximum Gasteiger partial charge on any atom is 0.308 e. The Balaban J connectivity index is 3.99. The van der Waals surface area contributed by atoms with Gasteiger partial charge in [0, 0.05) is 6.54 Å². The summed E-state index contributed by atoms with van der Waals surface area (Å²) in [6.07, 6.45) is 34.9. The number of carbonyl (C=O) groups is 2. The molecule has 0 aliphatic rings. The minimum Gasteiger partial charge on any atom is -0.465 e. The fourth-order valence-electron chi connectivity index (χ4n) is 7.41. The van der Waals surface area contributed by atoms with Gasteiger partial charge in [-0.05, 0) is 70.4 Å². The quantitative estimate of drug-likeness (QED) is 0.0492. The van der Waals surface area contributed by atoms with E-state index >= 15 is 0 Å². The van der Waals surface area contributed by atoms with Gasteiger partial charge >= 0.3 is 11.9 Å². The maximum atomic E-state index is 13.0. The molecule has 1 N–H and O–H groups in total. The molecule has 0 bridgehead atoms. The zero-order chi connectivity index (χ0) is 39.7. The molecule has 0 aliphatic heterocycles. The second-order valence-electron chi connectivity index (χ2n) is 16.9. The second kappa shape index (κ2) is 41.4. The summed E-state index contributed by atoms with van der Waals surface area (Å²) >= 11 is 0. The third-order valence-electron chi connectivity index (χ3n) is 11.1. The Morgan fingerprint density at radius 1 is 0.500 bits per heavy atom. The van der Waals surface area contributed by atoms with E-state index in [1.807, 2.05) is 6.92 Å². The highest BCUT2D eigenvalue weighted by molar-refractivity contribution is 5.72. The number of hydrogen-bond donors (Lipinski definition) is 1. The number of rotatable bonds is 43. The van der Waals surface area contributed by atoms with Crippen LogP contribution in [0.25, 0.3) is 0 Å². The summed E-state index contributed by atoms with van der Waals surface area (Å²) in [4.78, 5) is 27.7. The molecule has 0 saturated carbocycles. The van der Waals surface area contributed by atoms with Gasteiger partial charge in [-0.15, -0.1) is 0 Å². The van der Waals surface area contributed by atoms with Crippen LogP contribution in [0.2, 0.25) is 0 Å². The summed E-state index contributed by atoms with van der Waals surface area (Å²) in [7, 11) is 0. The predicted molar refractivity (Wildman–Crippen MR) is 228 cm³/mol. The second-order valence-corrected chi connectivity index (χ2v) is 16.9. The molecule has 0 aromatic heterocycles. The van der Waals surface area contributed by atoms with E-state index in [0.717, 1.165) is 148 Å². The van der Waals surface area contributed by atoms with E-state index in [1.54, 1.807) is 0 Å². The van der Waals surface area contributed by atoms with Crippen molar-refractivity contribution in [1.82, 2.24) is 4.90 Å². The molecule has 0 rings (SSSR count). The Hall–Kier alpha value is -1.21. The summed E-state index contributed by atoms with van der Waals surface area (Å²) < 4.78 is 23.7. The molecular formula is C47H92FNO5. The minimum absolute atomic E-state index is 0.0115. The number of carbonyl (C=O) groups excluding carboxylic acids is 2. The summed E-state index contributed by atoms with van der Waals surface area (Å²) in [5, 5.41) is 9.57. The lowest BCUT2D eigenvalue weighted by Gasteiger charge is -2.21. The standard InChI is InChI=1S/C47H92FNO5/c1-5-6-7-8-16-25-34-45(35-26-17-9-10-18-27-36-48)47(52)54-42-31-22-13-20-29-38-49(39-40-50)37-28-19-12-21-30-41-53-46(51)44(4)33-24-15-11-14-23-32-43(2)3/h43-45,50H,5-42H2,1-4H3. The van der Waals surface area contributed by atoms with Crippen molar-refractivity contribution in [3.63, 3.8) is 0 Å². The third kappa shape index (κ3) is 36.4. The van der Waals surface area contributed by atoms with Gasteiger partial charge in [-0.2, -0.15) is 0 Å². The van der Waals surface area contributed by atoms with Gasteiger partial charge in [0.05, 0.1) is 38.3 Å². The van der Waals surface area contributed by atoms with Gasteiger partial charge in [-0.25, -0.2) is 0 Å². The Morgan fingerprint density at radius 2 is 0.907 bits per heavy atom. The van der Waals surface area contributed by atoms with Crippen LogP contribution in [0.4, 0.5) is 4.39 Å². The third-order valence-corrected chi connectivity index (χ3v) is 11.1. The Morgan fingerprint density at radius 3 is 1.39 bits per heavy atom. The van der Waals surface area contributed by atoms with Crippen molar-refractivity contribution in [3.8, 4) is 0 Å². The maximum absolute atomic E-state index is 13.0. The van der Waals surface area contributed by atoms with Crippen LogP contribution in [0.1, 0.15) is 227 Å². The molecule has 0 saturated heterocycles. The number of aliphatic hydroxyl groups is 1. The molecule has 0 aliphatic carbocycles. The molecule has 0 heterocycles. The molecular weight excluding hydrogens is 678 g/mol. The van der Waals surface area contributed by atoms with Crippen LogP contribution < -0.4 is 0 Å². The van der Waals surface area contributed by atoms with Crippen molar-refractivity contribution in [3.05, 3.63) is 0 Å². The highest BCUT2D eigenvalue weighted by Crippen LogP contribution is 2.21. The molecule has 0 fully saturated rings. The first-order chi connectivity index (χ1) is 26.3. The Kier molecular flexibility index (Phi) is 40.5. The highest BCUT2D eigenvalue weighted by Gasteiger charge is 2.19. The molecule has 2 unspecified atom stereocenters. The summed E-state index contributed by atoms with van der Waals surface area (Å²) in [6.45, 7) is 12.7. The van der Waals surface area contributed by atoms with Gasteiger partial charge in [0.15, 0.2) is 0 Å². The molecule has 0 spiro atoms. The lowest BCUT2D eigenvalue weighted by atomic mass is 9.94. The van der Waals surface area contributed by atoms with Crippen LogP contribution in [0, 0.1) is 17.8 Å². The summed E-state index contributed by atoms with van der Waals surface area (Å²) in [5.74, 6) is 0.831. The molecule has 0 amide bonds. The van der Waals surface area contributed by atoms with E-state index in [-0.39, 0.29) is 37.1 Å². The number of nitrogens with zero attached hydrogens (tertiary/aromatic N) is 1. The van der Waals surface area contributed by atoms with Gasteiger partial charge in [0.25, 0.3) is 0 Å². The zero-order valence-electron chi connectivity index (χ0n) is 36.5. The SMILES string of the molecule is CCCCCCCCC(CCCCCCCCF)C(=O)OCCCCCCCN(CCO)CCCCCCCOC(=O)C(C)CCCCCCCC(C)C. The number of ether oxygens (including phenoxy) is 2. The molecule has 6 nitrogen and oxygen atoms in total. The molecule has 54 heavy (non-hydrogen) atoms. The van der Waals surface area contributed by atoms with Crippen molar-refractivity contribution in [2.24, 2.45) is 17.8 Å². The van der Waals surface area contributed by atoms with Crippen molar-refractivity contribution in [2.45, 2.75) is 227 Å². The van der Waals surface area contributed by atoms with Crippen molar-refractivity contribution < 1.29 is 28.6 Å². The molecule has 322 valence electrons. The zero-order valence-corrected chi connectivity index (χ0v) is 36.5. The van der Waals surface area contributed by atoms with E-state index in [1.165, 1.54) is 70.6 Å². The fraction of sp³-hybridized carbons (Fsp3) is 0.957. The van der Waals surface area contributed by atoms with Crippen LogP contribution in [-0.4, -0.2) is 68.1 Å². The van der Waals surface area contributed by atoms with E-state index < -0.39 is 0 Å². The normalized spacial score (nSPS) is 12.8. The largest absolute Gasteiger partial charge is 0.465 e. The van der Waals surface area contributed by atoms with Crippen molar-refractivity contribution in [1.29, 1.82) is 0 Å². The predicted octanol–water partition coefficient (Wildman–Crippen LogP) is 13.4. The minimum atomic E-state index is -0.209. The number of aliphatic hydroxyl groups excluding tert-OH is 1. The first-order valence-electron chi connectivity index (χ1n) is 23.6. The summed E-state index contributed by atoms with van der Waals surface area (Å²) in [6, 6.07) is 0. The van der Waals surface area contributed by atoms with E-state index in [2.05, 4.69) is 25.7 Å². The lowest BCUT2D eigenvalue weighted by Crippen LogP contribution is -2.29. The first-order valence-corrected chi connectivity index (χ1v) is 23.6. The smallest absolute Gasteiger partial charge is 0.308 e. The first kappa shape index (κ1) is 52.8. The molecule has 0 aromatic rings. The molecule has 7 heteroatoms. The van der Waals surface area contributed by atoms with Crippen LogP contribution in [-0.2, 0) is 19.1 Å². The van der Waals surface area contributed by atoms with E-state index in [4.69, 9.17) is 9.47 Å². The topological polar surface area (TPSA) is 76.1 Å². The molecule has 2 atom stereocenters. The van der Waals surface area contributed by atoms with Crippen molar-refractivity contribution in [2.75, 3.05) is 46.1 Å². The van der Waals surface area contributed by atoms with Gasteiger partial charge in [0.1, 0.15) is 0 Å². The number of esters is 2. The Labute approximate surface area is 335 Å². The summed E-state index contributed by atoms with van der Waals surface area (Å²) in [5.41, 5.74) is 0. The number of unbranched alkanes of at least 4 members (excludes halogenated alkanes) is 22. The average Bonchev–Trinajstić information content (AvgIpc) is 3.16. The van der Waals surface area contributed by atoms with E-state index in [9.17, 15) is 19.1 Å². The average molecular weight is 770 g/mol. The monoisotopic (exact) mass is 770 g/mol. The van der Waals surface area contributed by atoms with Gasteiger partial charge in [-0.3, -0.25) is 14.0 Å². The van der Waals surface area contributed by atoms with Gasteiger partial charge in [0.2, 0.25) is 0 Å². The highest BCUT2D eigenvalue weighted by atomic mass is 19.1. The fourth-order valence-corrected chi connectivity index (χ4v) is 7.41. The molecule has 0 radical (unpaired) electrons. The van der Waals surface area contributed by atoms with Crippen molar-refractivity contribution >= 4 is 11.9 Å². The lowest BCUT2D eigenvalue weighted by molar-refractivity contribution is -0.149. The van der Waals surface area contributed by atoms with Crippen LogP contribution in [0.15, 0.2) is 0 Å². The van der Waals surface area contributed by atoms with Crippen LogP contribution >= 0.6 is 0 Å². The van der Waals surface area contributed by atoms with Crippen LogP contribution in [0.3, 0.4) is 0 Å². The molecule has 0 aromatic carbocycles. The van der Waals surface area contributed by atoms with Crippen LogP contribution in [0.5, 0.6) is 0 Å². The van der Waals surface area contributed by atoms with Gasteiger partial charge < -0.3 is 19.5 Å². The number of alkyl halides is 1. The Bertz CT molecular complexity index is 796. The van der Waals surface area contributed by atoms with E-state index in [0.29, 0.717) is 19.6 Å². The number of halogens is 1. The number of hydrogen-bond acceptors (Lipinski definition) is 6.